The first-order valence-corrected chi connectivity index (χ1v) is 10.6. The molecule has 0 fully saturated rings. The van der Waals surface area contributed by atoms with E-state index in [1.54, 1.807) is 6.92 Å². The maximum absolute atomic E-state index is 12.7. The number of benzene rings is 1. The van der Waals surface area contributed by atoms with Crippen molar-refractivity contribution in [1.29, 1.82) is 0 Å². The molecule has 1 N–H and O–H groups in total. The molecule has 150 valence electrons. The summed E-state index contributed by atoms with van der Waals surface area (Å²) in [5.41, 5.74) is 0.940. The van der Waals surface area contributed by atoms with Gasteiger partial charge in [0.2, 0.25) is 15.8 Å². The predicted molar refractivity (Wildman–Crippen MR) is 99.6 cm³/mol. The average molecular weight is 430 g/mol. The van der Waals surface area contributed by atoms with Crippen LogP contribution in [-0.4, -0.2) is 20.1 Å². The molecule has 0 aliphatic rings. The number of thiophene rings is 1. The van der Waals surface area contributed by atoms with E-state index in [1.165, 1.54) is 6.07 Å². The van der Waals surface area contributed by atoms with Gasteiger partial charge in [-0.15, -0.1) is 11.3 Å². The van der Waals surface area contributed by atoms with E-state index in [-0.39, 0.29) is 27.9 Å². The van der Waals surface area contributed by atoms with Crippen LogP contribution in [0, 0.1) is 6.92 Å². The minimum absolute atomic E-state index is 0.0179. The van der Waals surface area contributed by atoms with Crippen LogP contribution in [0.5, 0.6) is 0 Å². The first kappa shape index (κ1) is 20.6. The average Bonchev–Trinajstić information content (AvgIpc) is 3.27. The Morgan fingerprint density at radius 2 is 1.89 bits per heavy atom. The van der Waals surface area contributed by atoms with E-state index in [1.807, 2.05) is 37.3 Å². The Hall–Kier alpha value is -2.17. The lowest BCUT2D eigenvalue weighted by molar-refractivity contribution is -0.155. The number of hydrogen-bond acceptors (Lipinski definition) is 5. The number of aromatic nitrogens is 1. The molecule has 0 radical (unpaired) electrons. The van der Waals surface area contributed by atoms with E-state index in [9.17, 15) is 21.6 Å². The van der Waals surface area contributed by atoms with Gasteiger partial charge < -0.3 is 4.52 Å². The molecule has 5 nitrogen and oxygen atoms in total. The third-order valence-electron chi connectivity index (χ3n) is 4.15. The van der Waals surface area contributed by atoms with Crippen molar-refractivity contribution < 1.29 is 26.1 Å². The summed E-state index contributed by atoms with van der Waals surface area (Å²) < 4.78 is 70.2. The summed E-state index contributed by atoms with van der Waals surface area (Å²) in [5.74, 6) is -1.27. The van der Waals surface area contributed by atoms with Crippen LogP contribution in [0.3, 0.4) is 0 Å². The number of aryl methyl sites for hydroxylation is 1. The minimum atomic E-state index is -4.65. The highest BCUT2D eigenvalue weighted by atomic mass is 32.2. The lowest BCUT2D eigenvalue weighted by Crippen LogP contribution is -2.27. The highest BCUT2D eigenvalue weighted by Gasteiger charge is 2.36. The molecule has 0 aliphatic heterocycles. The minimum Gasteiger partial charge on any atom is -0.351 e. The second kappa shape index (κ2) is 7.69. The SMILES string of the molecule is Cc1sc(-c2cc(C(F)(F)F)on2)cc1S(=O)(=O)NC[C@@H](C)c1ccccc1. The molecule has 3 rings (SSSR count). The Bertz CT molecular complexity index is 1060. The van der Waals surface area contributed by atoms with Gasteiger partial charge in [0.15, 0.2) is 0 Å². The van der Waals surface area contributed by atoms with Crippen molar-refractivity contribution in [2.75, 3.05) is 6.54 Å². The zero-order valence-electron chi connectivity index (χ0n) is 14.9. The van der Waals surface area contributed by atoms with Crippen molar-refractivity contribution >= 4 is 21.4 Å². The van der Waals surface area contributed by atoms with Gasteiger partial charge in [0.05, 0.1) is 9.77 Å². The second-order valence-electron chi connectivity index (χ2n) is 6.27. The van der Waals surface area contributed by atoms with E-state index >= 15 is 0 Å². The quantitative estimate of drug-likeness (QED) is 0.609. The third kappa shape index (κ3) is 4.45. The Labute approximate surface area is 164 Å². The van der Waals surface area contributed by atoms with Crippen LogP contribution in [0.2, 0.25) is 0 Å². The van der Waals surface area contributed by atoms with Crippen molar-refractivity contribution in [3.8, 4) is 10.6 Å². The third-order valence-corrected chi connectivity index (χ3v) is 6.90. The molecule has 0 amide bonds. The number of halogens is 3. The molecular weight excluding hydrogens is 413 g/mol. The molecule has 0 saturated heterocycles. The smallest absolute Gasteiger partial charge is 0.351 e. The molecule has 0 saturated carbocycles. The summed E-state index contributed by atoms with van der Waals surface area (Å²) >= 11 is 1.04. The number of alkyl halides is 3. The van der Waals surface area contributed by atoms with Gasteiger partial charge in [-0.25, -0.2) is 13.1 Å². The van der Waals surface area contributed by atoms with Crippen LogP contribution in [0.25, 0.3) is 10.6 Å². The second-order valence-corrected chi connectivity index (χ2v) is 9.26. The largest absolute Gasteiger partial charge is 0.452 e. The molecule has 1 atom stereocenters. The summed E-state index contributed by atoms with van der Waals surface area (Å²) in [6.45, 7) is 3.69. The summed E-state index contributed by atoms with van der Waals surface area (Å²) in [7, 11) is -3.82. The molecule has 10 heteroatoms. The van der Waals surface area contributed by atoms with Crippen LogP contribution < -0.4 is 4.72 Å². The fraction of sp³-hybridized carbons (Fsp3) is 0.278. The van der Waals surface area contributed by atoms with Crippen molar-refractivity contribution in [3.05, 3.63) is 58.7 Å². The van der Waals surface area contributed by atoms with Crippen molar-refractivity contribution in [3.63, 3.8) is 0 Å². The van der Waals surface area contributed by atoms with Gasteiger partial charge in [-0.3, -0.25) is 0 Å². The lowest BCUT2D eigenvalue weighted by Gasteiger charge is -2.13. The van der Waals surface area contributed by atoms with Gasteiger partial charge >= 0.3 is 6.18 Å². The van der Waals surface area contributed by atoms with E-state index in [0.29, 0.717) is 4.88 Å². The summed E-state index contributed by atoms with van der Waals surface area (Å²) in [6.07, 6.45) is -4.65. The van der Waals surface area contributed by atoms with Crippen LogP contribution in [0.15, 0.2) is 51.9 Å². The van der Waals surface area contributed by atoms with Gasteiger partial charge in [-0.1, -0.05) is 42.4 Å². The van der Waals surface area contributed by atoms with E-state index < -0.39 is 22.0 Å². The summed E-state index contributed by atoms with van der Waals surface area (Å²) in [4.78, 5) is 0.754. The number of nitrogens with one attached hydrogen (secondary N) is 1. The van der Waals surface area contributed by atoms with E-state index in [4.69, 9.17) is 0 Å². The molecular formula is C18H17F3N2O3S2. The molecule has 2 aromatic heterocycles. The van der Waals surface area contributed by atoms with Crippen molar-refractivity contribution in [2.24, 2.45) is 0 Å². The number of rotatable bonds is 6. The predicted octanol–water partition coefficient (Wildman–Crippen LogP) is 4.81. The molecule has 0 aliphatic carbocycles. The Morgan fingerprint density at radius 3 is 2.50 bits per heavy atom. The Kier molecular flexibility index (Phi) is 5.64. The highest BCUT2D eigenvalue weighted by Crippen LogP contribution is 2.36. The molecule has 2 heterocycles. The highest BCUT2D eigenvalue weighted by molar-refractivity contribution is 7.89. The normalized spacial score (nSPS) is 13.6. The summed E-state index contributed by atoms with van der Waals surface area (Å²) in [5, 5.41) is 3.40. The lowest BCUT2D eigenvalue weighted by atomic mass is 10.0. The molecule has 0 spiro atoms. The first-order chi connectivity index (χ1) is 13.1. The number of hydrogen-bond donors (Lipinski definition) is 1. The van der Waals surface area contributed by atoms with Crippen LogP contribution >= 0.6 is 11.3 Å². The van der Waals surface area contributed by atoms with E-state index in [2.05, 4.69) is 14.4 Å². The monoisotopic (exact) mass is 430 g/mol. The Morgan fingerprint density at radius 1 is 1.21 bits per heavy atom. The van der Waals surface area contributed by atoms with Gasteiger partial charge in [-0.2, -0.15) is 13.2 Å². The van der Waals surface area contributed by atoms with Gasteiger partial charge in [0.25, 0.3) is 0 Å². The van der Waals surface area contributed by atoms with Gasteiger partial charge in [-0.05, 0) is 24.5 Å². The molecule has 1 aromatic carbocycles. The van der Waals surface area contributed by atoms with Crippen molar-refractivity contribution in [1.82, 2.24) is 9.88 Å². The fourth-order valence-electron chi connectivity index (χ4n) is 2.60. The molecule has 0 unspecified atom stereocenters. The molecule has 0 bridgehead atoms. The Balaban J connectivity index is 1.78. The standard InChI is InChI=1S/C18H17F3N2O3S2/c1-11(13-6-4-3-5-7-13)10-22-28(24,25)16-9-15(27-12(16)2)14-8-17(26-23-14)18(19,20)21/h3-9,11,22H,10H2,1-2H3/t11-/m1/s1. The summed E-state index contributed by atoms with van der Waals surface area (Å²) in [6, 6.07) is 11.5. The number of nitrogens with zero attached hydrogens (tertiary/aromatic N) is 1. The zero-order valence-corrected chi connectivity index (χ0v) is 16.6. The maximum atomic E-state index is 12.7. The van der Waals surface area contributed by atoms with Crippen LogP contribution in [0.1, 0.15) is 29.0 Å². The number of sulfonamides is 1. The van der Waals surface area contributed by atoms with Gasteiger partial charge in [0.1, 0.15) is 5.69 Å². The molecule has 28 heavy (non-hydrogen) atoms. The van der Waals surface area contributed by atoms with E-state index in [0.717, 1.165) is 23.0 Å². The fourth-order valence-corrected chi connectivity index (χ4v) is 5.27. The van der Waals surface area contributed by atoms with Crippen LogP contribution in [0.4, 0.5) is 13.2 Å². The zero-order chi connectivity index (χ0) is 20.5. The first-order valence-electron chi connectivity index (χ1n) is 8.27. The molecule has 3 aromatic rings. The van der Waals surface area contributed by atoms with Gasteiger partial charge in [0, 0.05) is 17.5 Å². The van der Waals surface area contributed by atoms with Crippen molar-refractivity contribution in [2.45, 2.75) is 30.8 Å². The maximum Gasteiger partial charge on any atom is 0.452 e. The topological polar surface area (TPSA) is 72.2 Å². The van der Waals surface area contributed by atoms with Crippen LogP contribution in [-0.2, 0) is 16.2 Å².